The Bertz CT molecular complexity index is 860. The number of methoxy groups -OCH3 is 2. The number of carbonyl (C=O) groups excluding carboxylic acids is 1. The molecule has 3 rings (SSSR count). The molecule has 1 heterocycles. The van der Waals surface area contributed by atoms with Crippen LogP contribution in [0.15, 0.2) is 60.9 Å². The zero-order chi connectivity index (χ0) is 17.6. The molecule has 6 heteroatoms. The normalized spacial score (nSPS) is 10.3. The van der Waals surface area contributed by atoms with Crippen molar-refractivity contribution in [3.63, 3.8) is 0 Å². The molecule has 2 aromatic carbocycles. The number of ether oxygens (including phenoxy) is 2. The lowest BCUT2D eigenvalue weighted by molar-refractivity contribution is 0.0951. The number of amides is 1. The summed E-state index contributed by atoms with van der Waals surface area (Å²) in [4.78, 5) is 12.4. The minimum Gasteiger partial charge on any atom is -0.493 e. The van der Waals surface area contributed by atoms with Crippen LogP contribution >= 0.6 is 0 Å². The summed E-state index contributed by atoms with van der Waals surface area (Å²) in [6, 6.07) is 14.7. The Morgan fingerprint density at radius 2 is 1.92 bits per heavy atom. The van der Waals surface area contributed by atoms with Crippen LogP contribution in [-0.4, -0.2) is 29.9 Å². The van der Waals surface area contributed by atoms with E-state index < -0.39 is 0 Å². The third kappa shape index (κ3) is 3.80. The van der Waals surface area contributed by atoms with Gasteiger partial charge in [0.25, 0.3) is 5.91 Å². The van der Waals surface area contributed by atoms with E-state index in [0.717, 1.165) is 11.3 Å². The lowest BCUT2D eigenvalue weighted by atomic mass is 10.1. The molecule has 0 aliphatic heterocycles. The minimum atomic E-state index is -0.149. The predicted molar refractivity (Wildman–Crippen MR) is 94.3 cm³/mol. The smallest absolute Gasteiger partial charge is 0.251 e. The fraction of sp³-hybridized carbons (Fsp3) is 0.158. The number of hydrogen-bond acceptors (Lipinski definition) is 4. The monoisotopic (exact) mass is 337 g/mol. The van der Waals surface area contributed by atoms with Crippen molar-refractivity contribution in [1.82, 2.24) is 15.1 Å². The van der Waals surface area contributed by atoms with Crippen molar-refractivity contribution in [2.45, 2.75) is 6.54 Å². The van der Waals surface area contributed by atoms with Crippen LogP contribution in [0.3, 0.4) is 0 Å². The molecule has 0 atom stereocenters. The average molecular weight is 337 g/mol. The number of rotatable bonds is 6. The molecule has 0 spiro atoms. The maximum absolute atomic E-state index is 12.4. The summed E-state index contributed by atoms with van der Waals surface area (Å²) >= 11 is 0. The van der Waals surface area contributed by atoms with E-state index in [0.29, 0.717) is 23.6 Å². The molecule has 3 aromatic rings. The summed E-state index contributed by atoms with van der Waals surface area (Å²) in [7, 11) is 3.17. The van der Waals surface area contributed by atoms with Crippen LogP contribution in [-0.2, 0) is 6.54 Å². The maximum atomic E-state index is 12.4. The van der Waals surface area contributed by atoms with Crippen LogP contribution in [0, 0.1) is 0 Å². The van der Waals surface area contributed by atoms with Crippen LogP contribution in [0.4, 0.5) is 0 Å². The van der Waals surface area contributed by atoms with Gasteiger partial charge in [-0.2, -0.15) is 5.10 Å². The van der Waals surface area contributed by atoms with E-state index in [9.17, 15) is 4.79 Å². The van der Waals surface area contributed by atoms with Gasteiger partial charge >= 0.3 is 0 Å². The maximum Gasteiger partial charge on any atom is 0.251 e. The first-order valence-electron chi connectivity index (χ1n) is 7.80. The predicted octanol–water partition coefficient (Wildman–Crippen LogP) is 2.82. The molecule has 25 heavy (non-hydrogen) atoms. The molecule has 0 saturated carbocycles. The summed E-state index contributed by atoms with van der Waals surface area (Å²) in [5.41, 5.74) is 2.34. The third-order valence-electron chi connectivity index (χ3n) is 3.78. The van der Waals surface area contributed by atoms with Gasteiger partial charge in [0.1, 0.15) is 0 Å². The summed E-state index contributed by atoms with van der Waals surface area (Å²) in [5.74, 6) is 1.14. The zero-order valence-corrected chi connectivity index (χ0v) is 14.1. The minimum absolute atomic E-state index is 0.149. The number of aromatic nitrogens is 2. The Kier molecular flexibility index (Phi) is 4.99. The Morgan fingerprint density at radius 3 is 2.64 bits per heavy atom. The van der Waals surface area contributed by atoms with Crippen molar-refractivity contribution in [2.24, 2.45) is 0 Å². The Labute approximate surface area is 146 Å². The molecule has 1 amide bonds. The fourth-order valence-electron chi connectivity index (χ4n) is 2.49. The highest BCUT2D eigenvalue weighted by atomic mass is 16.5. The summed E-state index contributed by atoms with van der Waals surface area (Å²) in [6.45, 7) is 0.394. The Balaban J connectivity index is 1.70. The van der Waals surface area contributed by atoms with Crippen molar-refractivity contribution in [3.05, 3.63) is 72.1 Å². The van der Waals surface area contributed by atoms with E-state index in [4.69, 9.17) is 9.47 Å². The van der Waals surface area contributed by atoms with Gasteiger partial charge in [-0.3, -0.25) is 4.79 Å². The molecule has 0 unspecified atom stereocenters. The molecule has 0 aliphatic carbocycles. The molecule has 1 aromatic heterocycles. The highest BCUT2D eigenvalue weighted by molar-refractivity contribution is 5.94. The van der Waals surface area contributed by atoms with Crippen LogP contribution in [0.25, 0.3) is 5.69 Å². The van der Waals surface area contributed by atoms with Crippen molar-refractivity contribution in [3.8, 4) is 17.2 Å². The second-order valence-electron chi connectivity index (χ2n) is 5.37. The van der Waals surface area contributed by atoms with Crippen LogP contribution in [0.5, 0.6) is 11.5 Å². The SMILES string of the molecule is COc1ccc(CNC(=O)c2cccc(-n3cccn3)c2)cc1OC. The second kappa shape index (κ2) is 7.53. The molecule has 1 N–H and O–H groups in total. The molecular weight excluding hydrogens is 318 g/mol. The van der Waals surface area contributed by atoms with Gasteiger partial charge < -0.3 is 14.8 Å². The topological polar surface area (TPSA) is 65.4 Å². The van der Waals surface area contributed by atoms with Crippen molar-refractivity contribution >= 4 is 5.91 Å². The van der Waals surface area contributed by atoms with E-state index in [1.165, 1.54) is 0 Å². The highest BCUT2D eigenvalue weighted by Gasteiger charge is 2.09. The van der Waals surface area contributed by atoms with Gasteiger partial charge in [-0.1, -0.05) is 12.1 Å². The van der Waals surface area contributed by atoms with Crippen LogP contribution < -0.4 is 14.8 Å². The molecule has 6 nitrogen and oxygen atoms in total. The Hall–Kier alpha value is -3.28. The van der Waals surface area contributed by atoms with Crippen LogP contribution in [0.2, 0.25) is 0 Å². The van der Waals surface area contributed by atoms with Gasteiger partial charge in [0.15, 0.2) is 11.5 Å². The van der Waals surface area contributed by atoms with Crippen molar-refractivity contribution in [2.75, 3.05) is 14.2 Å². The standard InChI is InChI=1S/C19H19N3O3/c1-24-17-8-7-14(11-18(17)25-2)13-20-19(23)15-5-3-6-16(12-15)22-10-4-9-21-22/h3-12H,13H2,1-2H3,(H,20,23). The number of nitrogens with one attached hydrogen (secondary N) is 1. The van der Waals surface area contributed by atoms with Gasteiger partial charge in [-0.25, -0.2) is 4.68 Å². The van der Waals surface area contributed by atoms with E-state index in [-0.39, 0.29) is 5.91 Å². The molecule has 0 saturated heterocycles. The van der Waals surface area contributed by atoms with Crippen LogP contribution in [0.1, 0.15) is 15.9 Å². The largest absolute Gasteiger partial charge is 0.493 e. The first-order chi connectivity index (χ1) is 12.2. The van der Waals surface area contributed by atoms with E-state index in [1.54, 1.807) is 37.2 Å². The molecular formula is C19H19N3O3. The summed E-state index contributed by atoms with van der Waals surface area (Å²) in [6.07, 6.45) is 3.53. The molecule has 0 bridgehead atoms. The molecule has 0 fully saturated rings. The van der Waals surface area contributed by atoms with E-state index >= 15 is 0 Å². The summed E-state index contributed by atoms with van der Waals surface area (Å²) < 4.78 is 12.2. The van der Waals surface area contributed by atoms with E-state index in [2.05, 4.69) is 10.4 Å². The van der Waals surface area contributed by atoms with Gasteiger partial charge in [0.2, 0.25) is 0 Å². The second-order valence-corrected chi connectivity index (χ2v) is 5.37. The number of nitrogens with zero attached hydrogens (tertiary/aromatic N) is 2. The van der Waals surface area contributed by atoms with Gasteiger partial charge in [-0.05, 0) is 42.0 Å². The molecule has 0 aliphatic rings. The molecule has 128 valence electrons. The number of carbonyl (C=O) groups is 1. The van der Waals surface area contributed by atoms with Gasteiger partial charge in [0, 0.05) is 24.5 Å². The highest BCUT2D eigenvalue weighted by Crippen LogP contribution is 2.27. The van der Waals surface area contributed by atoms with Crippen molar-refractivity contribution < 1.29 is 14.3 Å². The number of benzene rings is 2. The summed E-state index contributed by atoms with van der Waals surface area (Å²) in [5, 5.41) is 7.09. The third-order valence-corrected chi connectivity index (χ3v) is 3.78. The Morgan fingerprint density at radius 1 is 1.08 bits per heavy atom. The quantitative estimate of drug-likeness (QED) is 0.751. The first-order valence-corrected chi connectivity index (χ1v) is 7.80. The fourth-order valence-corrected chi connectivity index (χ4v) is 2.49. The van der Waals surface area contributed by atoms with E-state index in [1.807, 2.05) is 42.6 Å². The van der Waals surface area contributed by atoms with Gasteiger partial charge in [-0.15, -0.1) is 0 Å². The van der Waals surface area contributed by atoms with Gasteiger partial charge in [0.05, 0.1) is 19.9 Å². The zero-order valence-electron chi connectivity index (χ0n) is 14.1. The molecule has 0 radical (unpaired) electrons. The average Bonchev–Trinajstić information content (AvgIpc) is 3.20. The first kappa shape index (κ1) is 16.6. The lowest BCUT2D eigenvalue weighted by Gasteiger charge is -2.11. The lowest BCUT2D eigenvalue weighted by Crippen LogP contribution is -2.23. The van der Waals surface area contributed by atoms with Crippen molar-refractivity contribution in [1.29, 1.82) is 0 Å². The number of hydrogen-bond donors (Lipinski definition) is 1.